The summed E-state index contributed by atoms with van der Waals surface area (Å²) in [7, 11) is 3.01. The molecular weight excluding hydrogens is 302 g/mol. The van der Waals surface area contributed by atoms with E-state index >= 15 is 0 Å². The average molecular weight is 320 g/mol. The summed E-state index contributed by atoms with van der Waals surface area (Å²) in [6.45, 7) is 5.57. The van der Waals surface area contributed by atoms with Gasteiger partial charge in [0, 0.05) is 23.4 Å². The number of methoxy groups -OCH3 is 1. The number of rotatable bonds is 5. The minimum absolute atomic E-state index is 0.0589. The van der Waals surface area contributed by atoms with E-state index in [0.717, 1.165) is 0 Å². The second kappa shape index (κ2) is 6.11. The van der Waals surface area contributed by atoms with E-state index in [1.165, 1.54) is 13.2 Å². The van der Waals surface area contributed by atoms with Gasteiger partial charge in [0.25, 0.3) is 15.0 Å². The maximum atomic E-state index is 12.1. The summed E-state index contributed by atoms with van der Waals surface area (Å²) >= 11 is 0. The number of carbonyl (C=O) groups excluding carboxylic acids is 1. The third kappa shape index (κ3) is 4.47. The van der Waals surface area contributed by atoms with E-state index in [2.05, 4.69) is 5.32 Å². The molecule has 20 heavy (non-hydrogen) atoms. The molecule has 0 spiro atoms. The zero-order chi connectivity index (χ0) is 15.6. The van der Waals surface area contributed by atoms with Crippen molar-refractivity contribution in [2.45, 2.75) is 31.2 Å². The number of ether oxygens (including phenoxy) is 1. The highest BCUT2D eigenvalue weighted by molar-refractivity contribution is 8.13. The lowest BCUT2D eigenvalue weighted by Gasteiger charge is -2.25. The molecule has 5 nitrogen and oxygen atoms in total. The predicted octanol–water partition coefficient (Wildman–Crippen LogP) is 2.08. The number of carbonyl (C=O) groups is 1. The van der Waals surface area contributed by atoms with E-state index < -0.39 is 14.6 Å². The lowest BCUT2D eigenvalue weighted by atomic mass is 10.1. The molecule has 0 aliphatic carbocycles. The van der Waals surface area contributed by atoms with Gasteiger partial charge in [-0.05, 0) is 38.5 Å². The fourth-order valence-electron chi connectivity index (χ4n) is 1.78. The lowest BCUT2D eigenvalue weighted by molar-refractivity contribution is 0.0820. The van der Waals surface area contributed by atoms with Crippen LogP contribution in [0.4, 0.5) is 0 Å². The minimum atomic E-state index is -3.88. The number of aryl methyl sites for hydroxylation is 1. The molecular formula is C13H18ClNO4S. The zero-order valence-corrected chi connectivity index (χ0v) is 13.4. The topological polar surface area (TPSA) is 72.5 Å². The molecule has 1 rings (SSSR count). The first kappa shape index (κ1) is 16.9. The number of benzene rings is 1. The predicted molar refractivity (Wildman–Crippen MR) is 77.6 cm³/mol. The monoisotopic (exact) mass is 319 g/mol. The quantitative estimate of drug-likeness (QED) is 0.843. The van der Waals surface area contributed by atoms with Crippen molar-refractivity contribution in [3.63, 3.8) is 0 Å². The van der Waals surface area contributed by atoms with Crippen LogP contribution in [0.5, 0.6) is 0 Å². The SMILES string of the molecule is COCC(C)(C)NC(=O)c1ccc(C)c(S(=O)(=O)Cl)c1. The van der Waals surface area contributed by atoms with Crippen molar-refractivity contribution in [2.75, 3.05) is 13.7 Å². The Morgan fingerprint density at radius 3 is 2.50 bits per heavy atom. The molecule has 112 valence electrons. The van der Waals surface area contributed by atoms with Crippen molar-refractivity contribution in [3.8, 4) is 0 Å². The highest BCUT2D eigenvalue weighted by atomic mass is 35.7. The first-order valence-corrected chi connectivity index (χ1v) is 8.24. The van der Waals surface area contributed by atoms with Gasteiger partial charge in [0.2, 0.25) is 0 Å². The molecule has 1 N–H and O–H groups in total. The summed E-state index contributed by atoms with van der Waals surface area (Å²) in [5.41, 5.74) is 0.170. The maximum absolute atomic E-state index is 12.1. The molecule has 0 unspecified atom stereocenters. The Labute approximate surface area is 123 Å². The molecule has 0 aliphatic rings. The summed E-state index contributed by atoms with van der Waals surface area (Å²) in [4.78, 5) is 12.1. The Kier molecular flexibility index (Phi) is 5.18. The maximum Gasteiger partial charge on any atom is 0.261 e. The van der Waals surface area contributed by atoms with Crippen LogP contribution in [0.15, 0.2) is 23.1 Å². The molecule has 1 amide bonds. The lowest BCUT2D eigenvalue weighted by Crippen LogP contribution is -2.46. The van der Waals surface area contributed by atoms with Crippen LogP contribution in [0.2, 0.25) is 0 Å². The van der Waals surface area contributed by atoms with Crippen LogP contribution in [0.1, 0.15) is 29.8 Å². The third-order valence-electron chi connectivity index (χ3n) is 2.67. The molecule has 0 heterocycles. The smallest absolute Gasteiger partial charge is 0.261 e. The van der Waals surface area contributed by atoms with Gasteiger partial charge >= 0.3 is 0 Å². The van der Waals surface area contributed by atoms with Crippen molar-refractivity contribution >= 4 is 25.6 Å². The van der Waals surface area contributed by atoms with Crippen LogP contribution in [0, 0.1) is 6.92 Å². The van der Waals surface area contributed by atoms with E-state index in [1.807, 2.05) is 13.8 Å². The first-order valence-electron chi connectivity index (χ1n) is 5.93. The third-order valence-corrected chi connectivity index (χ3v) is 4.13. The van der Waals surface area contributed by atoms with Crippen LogP contribution >= 0.6 is 10.7 Å². The van der Waals surface area contributed by atoms with Crippen LogP contribution in [-0.4, -0.2) is 33.6 Å². The van der Waals surface area contributed by atoms with Gasteiger partial charge in [-0.2, -0.15) is 0 Å². The Hall–Kier alpha value is -1.11. The molecule has 1 aromatic carbocycles. The van der Waals surface area contributed by atoms with Gasteiger partial charge in [-0.3, -0.25) is 4.79 Å². The van der Waals surface area contributed by atoms with E-state index in [4.69, 9.17) is 15.4 Å². The normalized spacial score (nSPS) is 12.2. The van der Waals surface area contributed by atoms with Gasteiger partial charge in [-0.25, -0.2) is 8.42 Å². The fourth-order valence-corrected chi connectivity index (χ4v) is 3.00. The van der Waals surface area contributed by atoms with E-state index in [1.54, 1.807) is 19.1 Å². The second-order valence-electron chi connectivity index (χ2n) is 5.19. The highest BCUT2D eigenvalue weighted by Gasteiger charge is 2.22. The highest BCUT2D eigenvalue weighted by Crippen LogP contribution is 2.21. The standard InChI is InChI=1S/C13H18ClNO4S/c1-9-5-6-10(7-11(9)20(14,17)18)12(16)15-13(2,3)8-19-4/h5-7H,8H2,1-4H3,(H,15,16). The Bertz CT molecular complexity index is 611. The molecule has 1 aromatic rings. The Balaban J connectivity index is 3.07. The summed E-state index contributed by atoms with van der Waals surface area (Å²) < 4.78 is 27.9. The van der Waals surface area contributed by atoms with Crippen LogP contribution < -0.4 is 5.32 Å². The summed E-state index contributed by atoms with van der Waals surface area (Å²) in [6.07, 6.45) is 0. The molecule has 0 aromatic heterocycles. The summed E-state index contributed by atoms with van der Waals surface area (Å²) in [5.74, 6) is -0.381. The van der Waals surface area contributed by atoms with Crippen LogP contribution in [-0.2, 0) is 13.8 Å². The van der Waals surface area contributed by atoms with Crippen molar-refractivity contribution in [2.24, 2.45) is 0 Å². The van der Waals surface area contributed by atoms with Gasteiger partial charge < -0.3 is 10.1 Å². The molecule has 0 radical (unpaired) electrons. The van der Waals surface area contributed by atoms with E-state index in [-0.39, 0.29) is 16.4 Å². The van der Waals surface area contributed by atoms with Gasteiger partial charge in [0.05, 0.1) is 17.0 Å². The minimum Gasteiger partial charge on any atom is -0.382 e. The van der Waals surface area contributed by atoms with Crippen molar-refractivity contribution in [1.82, 2.24) is 5.32 Å². The van der Waals surface area contributed by atoms with Crippen molar-refractivity contribution < 1.29 is 17.9 Å². The molecule has 0 atom stereocenters. The van der Waals surface area contributed by atoms with Gasteiger partial charge in [-0.1, -0.05) is 6.07 Å². The number of nitrogens with one attached hydrogen (secondary N) is 1. The molecule has 7 heteroatoms. The van der Waals surface area contributed by atoms with Crippen molar-refractivity contribution in [3.05, 3.63) is 29.3 Å². The van der Waals surface area contributed by atoms with Crippen LogP contribution in [0.25, 0.3) is 0 Å². The molecule has 0 bridgehead atoms. The van der Waals surface area contributed by atoms with E-state index in [9.17, 15) is 13.2 Å². The van der Waals surface area contributed by atoms with Gasteiger partial charge in [0.1, 0.15) is 0 Å². The Morgan fingerprint density at radius 2 is 2.00 bits per heavy atom. The largest absolute Gasteiger partial charge is 0.382 e. The summed E-state index contributed by atoms with van der Waals surface area (Å²) in [5, 5.41) is 2.77. The fraction of sp³-hybridized carbons (Fsp3) is 0.462. The van der Waals surface area contributed by atoms with Gasteiger partial charge in [-0.15, -0.1) is 0 Å². The number of hydrogen-bond acceptors (Lipinski definition) is 4. The van der Waals surface area contributed by atoms with Gasteiger partial charge in [0.15, 0.2) is 0 Å². The van der Waals surface area contributed by atoms with E-state index in [0.29, 0.717) is 12.2 Å². The van der Waals surface area contributed by atoms with Crippen molar-refractivity contribution in [1.29, 1.82) is 0 Å². The number of hydrogen-bond donors (Lipinski definition) is 1. The molecule has 0 aliphatic heterocycles. The summed E-state index contributed by atoms with van der Waals surface area (Å²) in [6, 6.07) is 4.38. The average Bonchev–Trinajstić information content (AvgIpc) is 2.26. The second-order valence-corrected chi connectivity index (χ2v) is 7.72. The molecule has 0 saturated carbocycles. The number of halogens is 1. The zero-order valence-electron chi connectivity index (χ0n) is 11.9. The molecule has 0 saturated heterocycles. The molecule has 0 fully saturated rings. The number of amides is 1. The van der Waals surface area contributed by atoms with Crippen LogP contribution in [0.3, 0.4) is 0 Å². The Morgan fingerprint density at radius 1 is 1.40 bits per heavy atom. The first-order chi connectivity index (χ1) is 9.07.